The van der Waals surface area contributed by atoms with E-state index >= 15 is 0 Å². The van der Waals surface area contributed by atoms with Crippen LogP contribution in [0.5, 0.6) is 0 Å². The van der Waals surface area contributed by atoms with Crippen LogP contribution >= 0.6 is 0 Å². The van der Waals surface area contributed by atoms with Crippen LogP contribution in [0.4, 0.5) is 0 Å². The lowest BCUT2D eigenvalue weighted by Crippen LogP contribution is -2.53. The smallest absolute Gasteiger partial charge is 0.396 e. The van der Waals surface area contributed by atoms with Gasteiger partial charge in [0.15, 0.2) is 5.76 Å². The maximum Gasteiger partial charge on any atom is 0.519 e. The van der Waals surface area contributed by atoms with Crippen LogP contribution in [-0.4, -0.2) is 41.5 Å². The van der Waals surface area contributed by atoms with Gasteiger partial charge in [-0.05, 0) is 27.7 Å². The van der Waals surface area contributed by atoms with Gasteiger partial charge in [-0.1, -0.05) is 0 Å². The second kappa shape index (κ2) is 4.90. The fourth-order valence-electron chi connectivity index (χ4n) is 2.30. The number of aryl methyl sites for hydroxylation is 1. The van der Waals surface area contributed by atoms with Crippen molar-refractivity contribution >= 4 is 0 Å². The van der Waals surface area contributed by atoms with Crippen molar-refractivity contribution < 1.29 is 8.83 Å². The zero-order valence-electron chi connectivity index (χ0n) is 11.7. The molecule has 0 radical (unpaired) electrons. The van der Waals surface area contributed by atoms with Gasteiger partial charge in [-0.25, -0.2) is 4.79 Å². The summed E-state index contributed by atoms with van der Waals surface area (Å²) in [5.41, 5.74) is 0.226. The van der Waals surface area contributed by atoms with Gasteiger partial charge in [-0.2, -0.15) is 0 Å². The van der Waals surface area contributed by atoms with Gasteiger partial charge < -0.3 is 8.83 Å². The topological polar surface area (TPSA) is 49.8 Å². The van der Waals surface area contributed by atoms with Crippen molar-refractivity contribution in [3.8, 4) is 0 Å². The summed E-state index contributed by atoms with van der Waals surface area (Å²) in [4.78, 5) is 15.7. The van der Waals surface area contributed by atoms with E-state index < -0.39 is 5.82 Å². The Bertz CT molecular complexity index is 448. The second-order valence-electron chi connectivity index (χ2n) is 5.87. The molecule has 0 bridgehead atoms. The molecule has 0 spiro atoms. The molecule has 1 aliphatic heterocycles. The van der Waals surface area contributed by atoms with Crippen LogP contribution in [0.1, 0.15) is 32.3 Å². The number of piperazine rings is 1. The molecule has 0 atom stereocenters. The van der Waals surface area contributed by atoms with E-state index in [0.717, 1.165) is 26.2 Å². The van der Waals surface area contributed by atoms with Crippen molar-refractivity contribution in [1.29, 1.82) is 0 Å². The fourth-order valence-corrected chi connectivity index (χ4v) is 2.30. The first-order chi connectivity index (χ1) is 8.36. The van der Waals surface area contributed by atoms with Gasteiger partial charge in [0.1, 0.15) is 5.76 Å². The molecule has 0 saturated carbocycles. The first kappa shape index (κ1) is 13.4. The standard InChI is InChI=1S/C13H22N2O3/c1-10-11(18-12(16)17-10)9-14-5-7-15(8-6-14)13(2,3)4/h5-9H2,1-4H3. The summed E-state index contributed by atoms with van der Waals surface area (Å²) < 4.78 is 9.91. The van der Waals surface area contributed by atoms with Crippen molar-refractivity contribution in [3.63, 3.8) is 0 Å². The minimum Gasteiger partial charge on any atom is -0.396 e. The molecule has 102 valence electrons. The van der Waals surface area contributed by atoms with Crippen molar-refractivity contribution in [1.82, 2.24) is 9.80 Å². The van der Waals surface area contributed by atoms with Crippen LogP contribution in [-0.2, 0) is 6.54 Å². The van der Waals surface area contributed by atoms with E-state index in [1.807, 2.05) is 0 Å². The van der Waals surface area contributed by atoms with Gasteiger partial charge >= 0.3 is 5.82 Å². The van der Waals surface area contributed by atoms with E-state index in [2.05, 4.69) is 30.6 Å². The third kappa shape index (κ3) is 3.03. The molecule has 0 aromatic carbocycles. The molecule has 0 amide bonds. The SMILES string of the molecule is Cc1oc(=O)oc1CN1CCN(C(C)(C)C)CC1. The Morgan fingerprint density at radius 3 is 2.17 bits per heavy atom. The average Bonchev–Trinajstić information content (AvgIpc) is 2.57. The second-order valence-corrected chi connectivity index (χ2v) is 5.87. The molecule has 0 unspecified atom stereocenters. The van der Waals surface area contributed by atoms with Crippen LogP contribution in [0.3, 0.4) is 0 Å². The Morgan fingerprint density at radius 1 is 1.11 bits per heavy atom. The molecule has 0 N–H and O–H groups in total. The number of rotatable bonds is 2. The third-order valence-electron chi connectivity index (χ3n) is 3.52. The van der Waals surface area contributed by atoms with E-state index in [9.17, 15) is 4.79 Å². The first-order valence-corrected chi connectivity index (χ1v) is 6.43. The molecule has 2 heterocycles. The molecule has 0 aliphatic carbocycles. The van der Waals surface area contributed by atoms with Gasteiger partial charge in [-0.15, -0.1) is 0 Å². The fraction of sp³-hybridized carbons (Fsp3) is 0.769. The molecule has 5 nitrogen and oxygen atoms in total. The van der Waals surface area contributed by atoms with Crippen LogP contribution in [0.15, 0.2) is 13.6 Å². The molecule has 1 aromatic heterocycles. The van der Waals surface area contributed by atoms with Crippen LogP contribution in [0.2, 0.25) is 0 Å². The van der Waals surface area contributed by atoms with E-state index in [0.29, 0.717) is 18.1 Å². The zero-order valence-corrected chi connectivity index (χ0v) is 11.7. The molecule has 5 heteroatoms. The van der Waals surface area contributed by atoms with Crippen LogP contribution in [0.25, 0.3) is 0 Å². The summed E-state index contributed by atoms with van der Waals surface area (Å²) in [6, 6.07) is 0. The van der Waals surface area contributed by atoms with Gasteiger partial charge in [-0.3, -0.25) is 9.80 Å². The first-order valence-electron chi connectivity index (χ1n) is 6.43. The van der Waals surface area contributed by atoms with Gasteiger partial charge in [0, 0.05) is 31.7 Å². The van der Waals surface area contributed by atoms with Crippen molar-refractivity contribution in [2.75, 3.05) is 26.2 Å². The summed E-state index contributed by atoms with van der Waals surface area (Å²) in [5.74, 6) is 0.651. The van der Waals surface area contributed by atoms with Crippen LogP contribution in [0, 0.1) is 6.92 Å². The highest BCUT2D eigenvalue weighted by Crippen LogP contribution is 2.17. The molecule has 2 rings (SSSR count). The third-order valence-corrected chi connectivity index (χ3v) is 3.52. The molecule has 1 fully saturated rings. The van der Waals surface area contributed by atoms with E-state index in [1.54, 1.807) is 6.92 Å². The Kier molecular flexibility index (Phi) is 3.64. The summed E-state index contributed by atoms with van der Waals surface area (Å²) in [6.07, 6.45) is 0. The highest BCUT2D eigenvalue weighted by atomic mass is 16.6. The van der Waals surface area contributed by atoms with E-state index in [4.69, 9.17) is 8.83 Å². The van der Waals surface area contributed by atoms with Gasteiger partial charge in [0.2, 0.25) is 0 Å². The molecule has 1 aromatic rings. The van der Waals surface area contributed by atoms with E-state index in [-0.39, 0.29) is 5.54 Å². The maximum absolute atomic E-state index is 11.0. The Hall–Kier alpha value is -1.07. The summed E-state index contributed by atoms with van der Waals surface area (Å²) in [5, 5.41) is 0. The Labute approximate surface area is 107 Å². The number of nitrogens with zero attached hydrogens (tertiary/aromatic N) is 2. The normalized spacial score (nSPS) is 19.3. The van der Waals surface area contributed by atoms with Crippen molar-refractivity contribution in [2.45, 2.75) is 39.8 Å². The van der Waals surface area contributed by atoms with Gasteiger partial charge in [0.25, 0.3) is 0 Å². The van der Waals surface area contributed by atoms with Crippen molar-refractivity contribution in [3.05, 3.63) is 22.1 Å². The lowest BCUT2D eigenvalue weighted by atomic mass is 10.0. The summed E-state index contributed by atoms with van der Waals surface area (Å²) in [6.45, 7) is 13.2. The van der Waals surface area contributed by atoms with E-state index in [1.165, 1.54) is 0 Å². The average molecular weight is 254 g/mol. The number of hydrogen-bond acceptors (Lipinski definition) is 5. The monoisotopic (exact) mass is 254 g/mol. The zero-order chi connectivity index (χ0) is 13.3. The molecular formula is C13H22N2O3. The highest BCUT2D eigenvalue weighted by molar-refractivity contribution is 5.00. The predicted octanol–water partition coefficient (Wildman–Crippen LogP) is 1.46. The minimum absolute atomic E-state index is 0.226. The lowest BCUT2D eigenvalue weighted by molar-refractivity contribution is 0.0560. The predicted molar refractivity (Wildman–Crippen MR) is 68.6 cm³/mol. The minimum atomic E-state index is -0.601. The Morgan fingerprint density at radius 2 is 1.72 bits per heavy atom. The lowest BCUT2D eigenvalue weighted by Gasteiger charge is -2.42. The quantitative estimate of drug-likeness (QED) is 0.799. The molecule has 1 aliphatic rings. The largest absolute Gasteiger partial charge is 0.519 e. The number of hydrogen-bond donors (Lipinski definition) is 0. The van der Waals surface area contributed by atoms with Crippen LogP contribution < -0.4 is 5.82 Å². The summed E-state index contributed by atoms with van der Waals surface area (Å²) in [7, 11) is 0. The van der Waals surface area contributed by atoms with Crippen molar-refractivity contribution in [2.24, 2.45) is 0 Å². The van der Waals surface area contributed by atoms with Gasteiger partial charge in [0.05, 0.1) is 6.54 Å². The highest BCUT2D eigenvalue weighted by Gasteiger charge is 2.26. The molecule has 1 saturated heterocycles. The summed E-state index contributed by atoms with van der Waals surface area (Å²) >= 11 is 0. The molecule has 18 heavy (non-hydrogen) atoms. The maximum atomic E-state index is 11.0. The molecular weight excluding hydrogens is 232 g/mol. The Balaban J connectivity index is 1.91.